The average molecular weight is 1730 g/mol. The molecule has 4 nitrogen and oxygen atoms in total. The molecule has 28 rings (SSSR count). The normalized spacial score (nSPS) is 11.8. The van der Waals surface area contributed by atoms with Crippen LogP contribution in [0.1, 0.15) is 0 Å². The summed E-state index contributed by atoms with van der Waals surface area (Å²) in [4.78, 5) is 0. The van der Waals surface area contributed by atoms with Crippen LogP contribution in [0, 0.1) is 0 Å². The van der Waals surface area contributed by atoms with Crippen LogP contribution in [0.3, 0.4) is 0 Å². The minimum absolute atomic E-state index is 1.15. The monoisotopic (exact) mass is 1720 g/mol. The summed E-state index contributed by atoms with van der Waals surface area (Å²) < 4.78 is 9.63. The van der Waals surface area contributed by atoms with Crippen molar-refractivity contribution in [3.8, 4) is 112 Å². The third-order valence-electron chi connectivity index (χ3n) is 28.6. The summed E-state index contributed by atoms with van der Waals surface area (Å²) >= 11 is 0. The van der Waals surface area contributed by atoms with Gasteiger partial charge in [0.15, 0.2) is 0 Å². The number of rotatable bonds is 12. The average Bonchev–Trinajstić information content (AvgIpc) is 1.49. The highest BCUT2D eigenvalue weighted by Gasteiger charge is 2.26. The van der Waals surface area contributed by atoms with Crippen molar-refractivity contribution >= 4 is 152 Å². The molecule has 632 valence electrons. The highest BCUT2D eigenvalue weighted by molar-refractivity contribution is 6.27. The van der Waals surface area contributed by atoms with Gasteiger partial charge in [0.1, 0.15) is 0 Å². The Labute approximate surface area is 785 Å². The van der Waals surface area contributed by atoms with E-state index in [1.54, 1.807) is 0 Å². The van der Waals surface area contributed by atoms with E-state index in [1.807, 2.05) is 0 Å². The summed E-state index contributed by atoms with van der Waals surface area (Å²) in [7, 11) is 0. The summed E-state index contributed by atoms with van der Waals surface area (Å²) in [6.07, 6.45) is 0. The first-order valence-corrected chi connectivity index (χ1v) is 47.0. The standard InChI is InChI=1S/2C66H42N2/c1-4-18-43(19-5-1)45-38-36-44-37-39-46(41-47(44)40-45)64-54-28-14-26-50(52-30-16-34-62-65(52)56-24-10-12-32-60(56)67(62)48-20-6-2-7-21-48)58(54)42-59-51(27-15-29-55(59)64)53-31-17-35-63-66(53)57-25-11-13-33-61(57)68(63)49-22-8-3-9-23-49;1-4-16-43(17-5-1)45-32-30-44-31-33-48(39-49(44)38-45)66-56-26-14-24-52(46-34-36-64-60(40-46)54-22-10-12-28-62(54)67(64)50-18-6-2-7-19-50)58(56)42-59-53(25-15-27-57(59)66)47-35-37-65-61(41-47)55-23-11-13-29-63(55)68(65)51-20-8-3-9-21-51/h2*1-42H. The number of fused-ring (bicyclic) bond motifs is 18. The lowest BCUT2D eigenvalue weighted by Crippen LogP contribution is -1.94. The van der Waals surface area contributed by atoms with E-state index in [1.165, 1.54) is 241 Å². The third-order valence-corrected chi connectivity index (χ3v) is 28.6. The van der Waals surface area contributed by atoms with Crippen molar-refractivity contribution in [2.75, 3.05) is 0 Å². The molecule has 4 heteroatoms. The van der Waals surface area contributed by atoms with Crippen molar-refractivity contribution in [1.82, 2.24) is 18.3 Å². The predicted molar refractivity (Wildman–Crippen MR) is 579 cm³/mol. The van der Waals surface area contributed by atoms with E-state index >= 15 is 0 Å². The zero-order chi connectivity index (χ0) is 89.4. The molecule has 0 fully saturated rings. The van der Waals surface area contributed by atoms with Crippen LogP contribution in [0.2, 0.25) is 0 Å². The lowest BCUT2D eigenvalue weighted by Gasteiger charge is -2.19. The van der Waals surface area contributed by atoms with Crippen LogP contribution in [0.15, 0.2) is 510 Å². The van der Waals surface area contributed by atoms with Crippen LogP contribution in [-0.2, 0) is 0 Å². The molecule has 136 heavy (non-hydrogen) atoms. The number of benzene rings is 24. The van der Waals surface area contributed by atoms with E-state index in [2.05, 4.69) is 528 Å². The summed E-state index contributed by atoms with van der Waals surface area (Å²) in [5, 5.41) is 24.7. The Morgan fingerprint density at radius 2 is 0.360 bits per heavy atom. The molecule has 0 radical (unpaired) electrons. The number of nitrogens with zero attached hydrogens (tertiary/aromatic N) is 4. The Kier molecular flexibility index (Phi) is 18.3. The third kappa shape index (κ3) is 12.7. The molecule has 0 spiro atoms. The van der Waals surface area contributed by atoms with Crippen LogP contribution in [0.4, 0.5) is 0 Å². The molecule has 0 unspecified atom stereocenters. The van der Waals surface area contributed by atoms with Gasteiger partial charge in [-0.1, -0.05) is 364 Å². The Morgan fingerprint density at radius 3 is 0.728 bits per heavy atom. The maximum absolute atomic E-state index is 2.50. The van der Waals surface area contributed by atoms with E-state index < -0.39 is 0 Å². The van der Waals surface area contributed by atoms with Gasteiger partial charge in [-0.25, -0.2) is 0 Å². The minimum Gasteiger partial charge on any atom is -0.309 e. The van der Waals surface area contributed by atoms with Crippen molar-refractivity contribution in [1.29, 1.82) is 0 Å². The van der Waals surface area contributed by atoms with Gasteiger partial charge in [0.05, 0.1) is 44.1 Å². The fourth-order valence-electron chi connectivity index (χ4n) is 22.5. The Hall–Kier alpha value is -18.0. The van der Waals surface area contributed by atoms with E-state index in [-0.39, 0.29) is 0 Å². The molecule has 24 aromatic carbocycles. The van der Waals surface area contributed by atoms with Gasteiger partial charge in [0.2, 0.25) is 0 Å². The summed E-state index contributed by atoms with van der Waals surface area (Å²) in [5.74, 6) is 0. The SMILES string of the molecule is c1ccc(-c2ccc3ccc(-c4c5cccc(-c6ccc7c(c6)c6ccccc6n7-c6ccccc6)c5cc5c(-c6ccc7c(c6)c6ccccc6n7-c6ccccc6)cccc45)cc3c2)cc1.c1ccc(-c2ccc3ccc(-c4c5cccc(-c6cccc7c6c6ccccc6n7-c6ccccc6)c5cc5c(-c6cccc7c6c6ccccc6n7-c6ccccc6)cccc45)cc3c2)cc1. The van der Waals surface area contributed by atoms with E-state index in [0.29, 0.717) is 0 Å². The van der Waals surface area contributed by atoms with Crippen LogP contribution < -0.4 is 0 Å². The van der Waals surface area contributed by atoms with Gasteiger partial charge in [-0.05, 0) is 299 Å². The number of aromatic nitrogens is 4. The molecule has 0 aliphatic carbocycles. The van der Waals surface area contributed by atoms with Crippen LogP contribution >= 0.6 is 0 Å². The Bertz CT molecular complexity index is 9270. The van der Waals surface area contributed by atoms with Crippen LogP contribution in [-0.4, -0.2) is 18.3 Å². The Balaban J connectivity index is 0.000000138. The molecule has 4 heterocycles. The van der Waals surface area contributed by atoms with E-state index in [9.17, 15) is 0 Å². The van der Waals surface area contributed by atoms with Crippen molar-refractivity contribution < 1.29 is 0 Å². The number of para-hydroxylation sites is 8. The summed E-state index contributed by atoms with van der Waals surface area (Å²) in [5.41, 5.74) is 33.7. The van der Waals surface area contributed by atoms with Gasteiger partial charge in [-0.2, -0.15) is 0 Å². The van der Waals surface area contributed by atoms with Gasteiger partial charge >= 0.3 is 0 Å². The second kappa shape index (κ2) is 32.0. The highest BCUT2D eigenvalue weighted by Crippen LogP contribution is 2.52. The molecular weight excluding hydrogens is 1640 g/mol. The molecule has 0 saturated carbocycles. The molecule has 0 aliphatic rings. The van der Waals surface area contributed by atoms with Gasteiger partial charge in [0, 0.05) is 65.8 Å². The van der Waals surface area contributed by atoms with Crippen molar-refractivity contribution in [2.24, 2.45) is 0 Å². The maximum Gasteiger partial charge on any atom is 0.0547 e. The zero-order valence-corrected chi connectivity index (χ0v) is 74.3. The van der Waals surface area contributed by atoms with E-state index in [0.717, 1.165) is 22.7 Å². The molecule has 0 bridgehead atoms. The first kappa shape index (κ1) is 77.9. The van der Waals surface area contributed by atoms with Gasteiger partial charge in [-0.15, -0.1) is 0 Å². The van der Waals surface area contributed by atoms with E-state index in [4.69, 9.17) is 0 Å². The molecular formula is C132H84N4. The number of hydrogen-bond acceptors (Lipinski definition) is 0. The smallest absolute Gasteiger partial charge is 0.0547 e. The quantitative estimate of drug-likeness (QED) is 0.109. The molecule has 0 N–H and O–H groups in total. The Morgan fingerprint density at radius 1 is 0.110 bits per heavy atom. The molecule has 0 aliphatic heterocycles. The summed E-state index contributed by atoms with van der Waals surface area (Å²) in [6.45, 7) is 0. The highest BCUT2D eigenvalue weighted by atomic mass is 15.0. The fourth-order valence-corrected chi connectivity index (χ4v) is 22.5. The van der Waals surface area contributed by atoms with Crippen molar-refractivity contribution in [2.45, 2.75) is 0 Å². The maximum atomic E-state index is 2.50. The second-order valence-electron chi connectivity index (χ2n) is 36.0. The summed E-state index contributed by atoms with van der Waals surface area (Å²) in [6, 6.07) is 188. The number of hydrogen-bond donors (Lipinski definition) is 0. The second-order valence-corrected chi connectivity index (χ2v) is 36.0. The predicted octanol–water partition coefficient (Wildman–Crippen LogP) is 36.0. The minimum atomic E-state index is 1.15. The van der Waals surface area contributed by atoms with Crippen LogP contribution in [0.25, 0.3) is 264 Å². The van der Waals surface area contributed by atoms with Gasteiger partial charge in [0.25, 0.3) is 0 Å². The molecule has 0 saturated heterocycles. The molecule has 0 amide bonds. The lowest BCUT2D eigenvalue weighted by molar-refractivity contribution is 1.18. The lowest BCUT2D eigenvalue weighted by atomic mass is 9.85. The largest absolute Gasteiger partial charge is 0.309 e. The fraction of sp³-hybridized carbons (Fsp3) is 0. The molecule has 4 aromatic heterocycles. The molecule has 0 atom stereocenters. The zero-order valence-electron chi connectivity index (χ0n) is 74.3. The van der Waals surface area contributed by atoms with Gasteiger partial charge < -0.3 is 18.3 Å². The van der Waals surface area contributed by atoms with Gasteiger partial charge in [-0.3, -0.25) is 0 Å². The molecule has 28 aromatic rings. The van der Waals surface area contributed by atoms with Crippen molar-refractivity contribution in [3.63, 3.8) is 0 Å². The first-order valence-electron chi connectivity index (χ1n) is 47.0. The first-order chi connectivity index (χ1) is 67.5. The van der Waals surface area contributed by atoms with Crippen LogP contribution in [0.5, 0.6) is 0 Å². The topological polar surface area (TPSA) is 19.7 Å². The van der Waals surface area contributed by atoms with Crippen molar-refractivity contribution in [3.05, 3.63) is 510 Å².